The summed E-state index contributed by atoms with van der Waals surface area (Å²) in [7, 11) is 0. The van der Waals surface area contributed by atoms with E-state index < -0.39 is 5.60 Å². The third kappa shape index (κ3) is 1.82. The average Bonchev–Trinajstić information content (AvgIpc) is 3.14. The Labute approximate surface area is 128 Å². The van der Waals surface area contributed by atoms with Crippen molar-refractivity contribution in [3.63, 3.8) is 0 Å². The predicted molar refractivity (Wildman–Crippen MR) is 87.6 cm³/mol. The van der Waals surface area contributed by atoms with Crippen LogP contribution in [0.15, 0.2) is 30.6 Å². The maximum atomic E-state index is 10.9. The normalized spacial score (nSPS) is 19.0. The van der Waals surface area contributed by atoms with Crippen molar-refractivity contribution in [2.45, 2.75) is 44.2 Å². The van der Waals surface area contributed by atoms with Crippen molar-refractivity contribution in [3.05, 3.63) is 30.6 Å². The first kappa shape index (κ1) is 13.5. The molecular weight excluding hydrogens is 276 g/mol. The molecule has 0 spiro atoms. The van der Waals surface area contributed by atoms with E-state index in [4.69, 9.17) is 5.73 Å². The molecule has 0 radical (unpaired) electrons. The lowest BCUT2D eigenvalue weighted by molar-refractivity contribution is 0.00203. The van der Waals surface area contributed by atoms with Crippen molar-refractivity contribution >= 4 is 27.8 Å². The Hall–Kier alpha value is -2.14. The van der Waals surface area contributed by atoms with Crippen LogP contribution in [0.1, 0.15) is 38.6 Å². The molecule has 2 aromatic heterocycles. The summed E-state index contributed by atoms with van der Waals surface area (Å²) in [6.07, 6.45) is 5.63. The molecular formula is C17H20N4O. The van der Waals surface area contributed by atoms with Crippen LogP contribution in [-0.2, 0) is 0 Å². The lowest BCUT2D eigenvalue weighted by Gasteiger charge is -2.31. The van der Waals surface area contributed by atoms with E-state index in [0.717, 1.165) is 42.1 Å². The topological polar surface area (TPSA) is 77.0 Å². The molecule has 1 aromatic carbocycles. The van der Waals surface area contributed by atoms with Gasteiger partial charge in [-0.2, -0.15) is 0 Å². The van der Waals surface area contributed by atoms with Gasteiger partial charge in [0.1, 0.15) is 5.52 Å². The second-order valence-corrected chi connectivity index (χ2v) is 6.35. The number of hydrogen-bond acceptors (Lipinski definition) is 4. The third-order valence-corrected chi connectivity index (χ3v) is 5.10. The molecule has 1 unspecified atom stereocenters. The molecule has 1 fully saturated rings. The quantitative estimate of drug-likeness (QED) is 0.762. The van der Waals surface area contributed by atoms with Crippen LogP contribution in [0.2, 0.25) is 0 Å². The Kier molecular flexibility index (Phi) is 2.87. The Morgan fingerprint density at radius 2 is 2.00 bits per heavy atom. The van der Waals surface area contributed by atoms with Crippen LogP contribution in [0.25, 0.3) is 21.9 Å². The molecule has 5 heteroatoms. The van der Waals surface area contributed by atoms with Crippen LogP contribution in [0.5, 0.6) is 0 Å². The number of pyridine rings is 1. The number of nitrogen functional groups attached to an aromatic ring is 1. The van der Waals surface area contributed by atoms with Crippen molar-refractivity contribution in [1.82, 2.24) is 14.5 Å². The Balaban J connectivity index is 1.99. The average molecular weight is 296 g/mol. The number of aromatic nitrogens is 3. The summed E-state index contributed by atoms with van der Waals surface area (Å²) in [6.45, 7) is 2.07. The van der Waals surface area contributed by atoms with Crippen LogP contribution in [0, 0.1) is 0 Å². The molecule has 1 saturated carbocycles. The molecule has 1 aliphatic rings. The van der Waals surface area contributed by atoms with Crippen LogP contribution in [0.4, 0.5) is 5.82 Å². The highest BCUT2D eigenvalue weighted by Crippen LogP contribution is 2.40. The van der Waals surface area contributed by atoms with E-state index in [9.17, 15) is 5.11 Å². The standard InChI is InChI=1S/C17H20N4O/c1-11(17(22)8-4-5-9-17)21-10-19-14-15(21)12-6-2-3-7-13(12)20-16(14)18/h2-3,6-7,10-11,22H,4-5,8-9H2,1H3,(H2,18,20). The van der Waals surface area contributed by atoms with E-state index in [-0.39, 0.29) is 6.04 Å². The van der Waals surface area contributed by atoms with Crippen molar-refractivity contribution in [3.8, 4) is 0 Å². The molecule has 3 N–H and O–H groups in total. The Morgan fingerprint density at radius 1 is 1.27 bits per heavy atom. The summed E-state index contributed by atoms with van der Waals surface area (Å²) < 4.78 is 2.07. The number of imidazole rings is 1. The molecule has 0 bridgehead atoms. The van der Waals surface area contributed by atoms with Gasteiger partial charge >= 0.3 is 0 Å². The monoisotopic (exact) mass is 296 g/mol. The van der Waals surface area contributed by atoms with Gasteiger partial charge in [0.05, 0.1) is 29.0 Å². The smallest absolute Gasteiger partial charge is 0.152 e. The lowest BCUT2D eigenvalue weighted by Crippen LogP contribution is -2.34. The van der Waals surface area contributed by atoms with Gasteiger partial charge in [0, 0.05) is 5.39 Å². The number of aliphatic hydroxyl groups is 1. The van der Waals surface area contributed by atoms with Gasteiger partial charge in [-0.25, -0.2) is 9.97 Å². The Bertz CT molecular complexity index is 848. The maximum Gasteiger partial charge on any atom is 0.152 e. The van der Waals surface area contributed by atoms with Crippen molar-refractivity contribution in [2.24, 2.45) is 0 Å². The van der Waals surface area contributed by atoms with E-state index in [1.807, 2.05) is 24.3 Å². The molecule has 4 rings (SSSR count). The van der Waals surface area contributed by atoms with Crippen LogP contribution in [-0.4, -0.2) is 25.2 Å². The summed E-state index contributed by atoms with van der Waals surface area (Å²) in [5, 5.41) is 12.0. The highest BCUT2D eigenvalue weighted by atomic mass is 16.3. The minimum atomic E-state index is -0.660. The number of benzene rings is 1. The van der Waals surface area contributed by atoms with Gasteiger partial charge in [-0.05, 0) is 25.8 Å². The van der Waals surface area contributed by atoms with Gasteiger partial charge in [0.15, 0.2) is 5.82 Å². The summed E-state index contributed by atoms with van der Waals surface area (Å²) in [5.74, 6) is 0.443. The first-order valence-electron chi connectivity index (χ1n) is 7.83. The van der Waals surface area contributed by atoms with Gasteiger partial charge in [-0.1, -0.05) is 31.0 Å². The SMILES string of the molecule is CC(n1cnc2c(N)nc3ccccc3c21)C1(O)CCCC1. The van der Waals surface area contributed by atoms with Crippen LogP contribution < -0.4 is 5.73 Å². The van der Waals surface area contributed by atoms with Crippen LogP contribution >= 0.6 is 0 Å². The fourth-order valence-corrected chi connectivity index (χ4v) is 3.73. The van der Waals surface area contributed by atoms with Gasteiger partial charge < -0.3 is 15.4 Å². The number of nitrogens with zero attached hydrogens (tertiary/aromatic N) is 3. The Morgan fingerprint density at radius 3 is 2.77 bits per heavy atom. The van der Waals surface area contributed by atoms with E-state index >= 15 is 0 Å². The zero-order valence-electron chi connectivity index (χ0n) is 12.7. The number of para-hydroxylation sites is 1. The summed E-state index contributed by atoms with van der Waals surface area (Å²) >= 11 is 0. The summed E-state index contributed by atoms with van der Waals surface area (Å²) in [4.78, 5) is 8.89. The molecule has 5 nitrogen and oxygen atoms in total. The lowest BCUT2D eigenvalue weighted by atomic mass is 9.93. The van der Waals surface area contributed by atoms with Gasteiger partial charge in [0.25, 0.3) is 0 Å². The molecule has 2 heterocycles. The van der Waals surface area contributed by atoms with Gasteiger partial charge in [-0.15, -0.1) is 0 Å². The van der Waals surface area contributed by atoms with Gasteiger partial charge in [0.2, 0.25) is 0 Å². The second kappa shape index (κ2) is 4.68. The highest BCUT2D eigenvalue weighted by Gasteiger charge is 2.38. The van der Waals surface area contributed by atoms with Gasteiger partial charge in [-0.3, -0.25) is 0 Å². The molecule has 0 saturated heterocycles. The first-order valence-corrected chi connectivity index (χ1v) is 7.83. The highest BCUT2D eigenvalue weighted by molar-refractivity contribution is 6.06. The fraction of sp³-hybridized carbons (Fsp3) is 0.412. The largest absolute Gasteiger partial charge is 0.388 e. The van der Waals surface area contributed by atoms with Crippen molar-refractivity contribution in [2.75, 3.05) is 5.73 Å². The zero-order chi connectivity index (χ0) is 15.3. The molecule has 22 heavy (non-hydrogen) atoms. The number of nitrogens with two attached hydrogens (primary N) is 1. The minimum Gasteiger partial charge on any atom is -0.388 e. The number of hydrogen-bond donors (Lipinski definition) is 2. The fourth-order valence-electron chi connectivity index (χ4n) is 3.73. The molecule has 0 aliphatic heterocycles. The maximum absolute atomic E-state index is 10.9. The molecule has 0 amide bonds. The minimum absolute atomic E-state index is 0.0368. The third-order valence-electron chi connectivity index (χ3n) is 5.10. The molecule has 114 valence electrons. The summed E-state index contributed by atoms with van der Waals surface area (Å²) in [6, 6.07) is 7.90. The van der Waals surface area contributed by atoms with E-state index in [1.54, 1.807) is 6.33 Å². The summed E-state index contributed by atoms with van der Waals surface area (Å²) in [5.41, 5.74) is 7.96. The van der Waals surface area contributed by atoms with Crippen LogP contribution in [0.3, 0.4) is 0 Å². The zero-order valence-corrected chi connectivity index (χ0v) is 12.7. The predicted octanol–water partition coefficient (Wildman–Crippen LogP) is 3.03. The van der Waals surface area contributed by atoms with E-state index in [2.05, 4.69) is 21.5 Å². The number of fused-ring (bicyclic) bond motifs is 3. The molecule has 1 aliphatic carbocycles. The first-order chi connectivity index (χ1) is 10.6. The molecule has 1 atom stereocenters. The number of anilines is 1. The molecule has 3 aromatic rings. The van der Waals surface area contributed by atoms with Crippen molar-refractivity contribution < 1.29 is 5.11 Å². The van der Waals surface area contributed by atoms with E-state index in [1.165, 1.54) is 0 Å². The second-order valence-electron chi connectivity index (χ2n) is 6.35. The van der Waals surface area contributed by atoms with Crippen molar-refractivity contribution in [1.29, 1.82) is 0 Å². The number of rotatable bonds is 2. The van der Waals surface area contributed by atoms with E-state index in [0.29, 0.717) is 11.3 Å².